The van der Waals surface area contributed by atoms with Crippen LogP contribution in [0.5, 0.6) is 0 Å². The van der Waals surface area contributed by atoms with E-state index in [-0.39, 0.29) is 31.5 Å². The van der Waals surface area contributed by atoms with E-state index in [1.165, 1.54) is 167 Å². The smallest absolute Gasteiger partial charge is 0.456 e. The van der Waals surface area contributed by atoms with Crippen LogP contribution >= 0.6 is 7.82 Å². The maximum absolute atomic E-state index is 13.5. The first-order valence-corrected chi connectivity index (χ1v) is 31.6. The van der Waals surface area contributed by atoms with Crippen LogP contribution in [-0.2, 0) is 27.9 Å². The monoisotopic (exact) mass is 1030 g/mol. The lowest BCUT2D eigenvalue weighted by Gasteiger charge is -2.27. The summed E-state index contributed by atoms with van der Waals surface area (Å²) < 4.78 is 30.6. The van der Waals surface area contributed by atoms with E-state index in [2.05, 4.69) is 74.7 Å². The third-order valence-electron chi connectivity index (χ3n) is 13.2. The number of likely N-dealkylation sites (N-methyl/N-ethyl adjacent to an activating group) is 1. The molecule has 0 aliphatic carbocycles. The highest BCUT2D eigenvalue weighted by Crippen LogP contribution is 2.43. The molecule has 0 radical (unpaired) electrons. The van der Waals surface area contributed by atoms with Gasteiger partial charge in [0.1, 0.15) is 19.3 Å². The lowest BCUT2D eigenvalue weighted by molar-refractivity contribution is -0.870. The highest BCUT2D eigenvalue weighted by atomic mass is 31.2. The van der Waals surface area contributed by atoms with E-state index in [9.17, 15) is 19.0 Å². The Labute approximate surface area is 445 Å². The zero-order valence-corrected chi connectivity index (χ0v) is 48.8. The first-order chi connectivity index (χ1) is 34.9. The van der Waals surface area contributed by atoms with Crippen LogP contribution in [0.1, 0.15) is 271 Å². The van der Waals surface area contributed by atoms with Crippen LogP contribution in [0.4, 0.5) is 0 Å². The minimum absolute atomic E-state index is 0.0320. The fraction of sp³-hybridized carbons (Fsp3) is 0.806. The van der Waals surface area contributed by atoms with Crippen molar-refractivity contribution in [2.24, 2.45) is 0 Å². The molecule has 420 valence electrons. The zero-order valence-electron chi connectivity index (χ0n) is 47.9. The molecule has 3 atom stereocenters. The van der Waals surface area contributed by atoms with Crippen LogP contribution in [0.15, 0.2) is 60.8 Å². The molecule has 0 fully saturated rings. The number of phosphoric ester groups is 1. The Kier molecular flexibility index (Phi) is 50.5. The molecule has 0 saturated heterocycles. The number of phosphoric acid groups is 1. The minimum Gasteiger partial charge on any atom is -0.456 e. The molecule has 0 spiro atoms. The maximum atomic E-state index is 13.5. The fourth-order valence-corrected chi connectivity index (χ4v) is 9.26. The van der Waals surface area contributed by atoms with Crippen LogP contribution in [0, 0.1) is 0 Å². The van der Waals surface area contributed by atoms with Crippen molar-refractivity contribution >= 4 is 19.7 Å². The number of quaternary nitrogens is 1. The second kappa shape index (κ2) is 52.2. The van der Waals surface area contributed by atoms with Gasteiger partial charge in [0, 0.05) is 12.8 Å². The van der Waals surface area contributed by atoms with Gasteiger partial charge < -0.3 is 19.4 Å². The molecule has 0 aromatic heterocycles. The van der Waals surface area contributed by atoms with E-state index in [4.69, 9.17) is 13.8 Å². The quantitative estimate of drug-likeness (QED) is 0.0205. The summed E-state index contributed by atoms with van der Waals surface area (Å²) in [5.74, 6) is -0.564. The van der Waals surface area contributed by atoms with Crippen LogP contribution in [0.2, 0.25) is 0 Å². The Hall–Kier alpha value is -2.29. The van der Waals surface area contributed by atoms with Gasteiger partial charge in [-0.2, -0.15) is 0 Å². The number of nitrogens with zero attached hydrogens (tertiary/aromatic N) is 1. The maximum Gasteiger partial charge on any atom is 0.472 e. The summed E-state index contributed by atoms with van der Waals surface area (Å²) in [4.78, 5) is 37.6. The molecular formula is C62H116N2O7P+. The van der Waals surface area contributed by atoms with Crippen molar-refractivity contribution in [2.45, 2.75) is 283 Å². The van der Waals surface area contributed by atoms with Gasteiger partial charge in [-0.1, -0.05) is 249 Å². The number of nitrogens with one attached hydrogen (secondary N) is 1. The first kappa shape index (κ1) is 69.7. The Morgan fingerprint density at radius 3 is 1.32 bits per heavy atom. The number of amides is 1. The number of carbonyl (C=O) groups is 2. The molecule has 0 heterocycles. The SMILES string of the molecule is CCCCC/C=C\C/C=C\C/C=C\C/C=C\CCCC(=O)OC(/C=C/CCCCCCCCCCCC)C(COP(=O)(O)OCC[N+](C)(C)C)NC(=O)CCCCCCCCCCCCCCCCCCC. The van der Waals surface area contributed by atoms with Gasteiger partial charge in [-0.3, -0.25) is 18.6 Å². The number of rotatable bonds is 54. The summed E-state index contributed by atoms with van der Waals surface area (Å²) in [6.07, 6.45) is 65.0. The zero-order chi connectivity index (χ0) is 52.9. The third-order valence-corrected chi connectivity index (χ3v) is 14.2. The predicted octanol–water partition coefficient (Wildman–Crippen LogP) is 18.3. The van der Waals surface area contributed by atoms with Crippen molar-refractivity contribution in [3.05, 3.63) is 60.8 Å². The lowest BCUT2D eigenvalue weighted by atomic mass is 10.0. The normalized spacial score (nSPS) is 14.2. The number of allylic oxidation sites excluding steroid dienone is 9. The van der Waals surface area contributed by atoms with Gasteiger partial charge in [0.05, 0.1) is 33.8 Å². The molecule has 3 unspecified atom stereocenters. The summed E-state index contributed by atoms with van der Waals surface area (Å²) >= 11 is 0. The van der Waals surface area contributed by atoms with Crippen molar-refractivity contribution in [3.8, 4) is 0 Å². The number of ether oxygens (including phenoxy) is 1. The van der Waals surface area contributed by atoms with Crippen molar-refractivity contribution in [3.63, 3.8) is 0 Å². The molecule has 10 heteroatoms. The standard InChI is InChI=1S/C62H115N2O7P/c1-7-10-13-16-19-22-25-28-30-32-34-36-39-42-45-48-51-54-61(65)63-59(58-70-72(67,68)69-57-56-64(4,5)6)60(53-50-47-44-41-38-27-24-21-18-15-12-9-3)71-62(66)55-52-49-46-43-40-37-35-33-31-29-26-23-20-17-14-11-8-2/h20,23,29,31,35,37,43,46,50,53,59-60H,7-19,21-22,24-28,30,32-34,36,38-42,44-45,47-49,51-52,54-58H2,1-6H3,(H-,63,65,67,68)/p+1/b23-20-,31-29-,37-35-,46-43-,53-50+. The largest absolute Gasteiger partial charge is 0.472 e. The van der Waals surface area contributed by atoms with Crippen molar-refractivity contribution in [2.75, 3.05) is 40.9 Å². The predicted molar refractivity (Wildman–Crippen MR) is 309 cm³/mol. The van der Waals surface area contributed by atoms with Gasteiger partial charge in [0.25, 0.3) is 0 Å². The molecule has 0 aliphatic heterocycles. The minimum atomic E-state index is -4.46. The molecule has 9 nitrogen and oxygen atoms in total. The van der Waals surface area contributed by atoms with Crippen LogP contribution in [0.25, 0.3) is 0 Å². The fourth-order valence-electron chi connectivity index (χ4n) is 8.52. The Bertz CT molecular complexity index is 1420. The average Bonchev–Trinajstić information content (AvgIpc) is 3.34. The van der Waals surface area contributed by atoms with Crippen molar-refractivity contribution < 1.29 is 37.3 Å². The second-order valence-corrected chi connectivity index (χ2v) is 23.0. The molecule has 0 saturated carbocycles. The number of unbranched alkanes of at least 4 members (excludes halogenated alkanes) is 30. The van der Waals surface area contributed by atoms with Gasteiger partial charge in [-0.25, -0.2) is 4.57 Å². The van der Waals surface area contributed by atoms with Crippen molar-refractivity contribution in [1.82, 2.24) is 5.32 Å². The van der Waals surface area contributed by atoms with E-state index in [0.717, 1.165) is 64.2 Å². The van der Waals surface area contributed by atoms with Crippen LogP contribution < -0.4 is 5.32 Å². The lowest BCUT2D eigenvalue weighted by Crippen LogP contribution is -2.47. The number of carbonyl (C=O) groups excluding carboxylic acids is 2. The highest BCUT2D eigenvalue weighted by molar-refractivity contribution is 7.47. The van der Waals surface area contributed by atoms with Gasteiger partial charge >= 0.3 is 13.8 Å². The van der Waals surface area contributed by atoms with E-state index in [1.807, 2.05) is 33.3 Å². The van der Waals surface area contributed by atoms with Crippen LogP contribution in [-0.4, -0.2) is 74.3 Å². The van der Waals surface area contributed by atoms with Gasteiger partial charge in [0.15, 0.2) is 0 Å². The summed E-state index contributed by atoms with van der Waals surface area (Å²) in [6.45, 7) is 6.96. The molecule has 0 rings (SSSR count). The topological polar surface area (TPSA) is 111 Å². The molecular weight excluding hydrogens is 916 g/mol. The summed E-state index contributed by atoms with van der Waals surface area (Å²) in [6, 6.07) is -0.868. The van der Waals surface area contributed by atoms with E-state index >= 15 is 0 Å². The van der Waals surface area contributed by atoms with Gasteiger partial charge in [0.2, 0.25) is 5.91 Å². The molecule has 0 bridgehead atoms. The van der Waals surface area contributed by atoms with E-state index in [1.54, 1.807) is 0 Å². The summed E-state index contributed by atoms with van der Waals surface area (Å²) in [5, 5.41) is 3.04. The van der Waals surface area contributed by atoms with Crippen LogP contribution in [0.3, 0.4) is 0 Å². The average molecular weight is 1030 g/mol. The molecule has 0 aromatic rings. The second-order valence-electron chi connectivity index (χ2n) is 21.5. The molecule has 72 heavy (non-hydrogen) atoms. The first-order valence-electron chi connectivity index (χ1n) is 30.1. The Morgan fingerprint density at radius 2 is 0.861 bits per heavy atom. The Morgan fingerprint density at radius 1 is 0.486 bits per heavy atom. The molecule has 1 amide bonds. The summed E-state index contributed by atoms with van der Waals surface area (Å²) in [7, 11) is 1.47. The number of hydrogen-bond acceptors (Lipinski definition) is 6. The molecule has 0 aliphatic rings. The number of esters is 1. The highest BCUT2D eigenvalue weighted by Gasteiger charge is 2.30. The van der Waals surface area contributed by atoms with Crippen molar-refractivity contribution in [1.29, 1.82) is 0 Å². The van der Waals surface area contributed by atoms with E-state index in [0.29, 0.717) is 23.9 Å². The molecule has 2 N–H and O–H groups in total. The Balaban J connectivity index is 5.37. The van der Waals surface area contributed by atoms with Gasteiger partial charge in [-0.15, -0.1) is 0 Å². The number of hydrogen-bond donors (Lipinski definition) is 2. The third kappa shape index (κ3) is 52.6. The van der Waals surface area contributed by atoms with E-state index < -0.39 is 20.0 Å². The van der Waals surface area contributed by atoms with Gasteiger partial charge in [-0.05, 0) is 70.3 Å². The summed E-state index contributed by atoms with van der Waals surface area (Å²) in [5.41, 5.74) is 0. The molecule has 0 aromatic carbocycles.